The van der Waals surface area contributed by atoms with Crippen molar-refractivity contribution < 1.29 is 67.9 Å². The van der Waals surface area contributed by atoms with Gasteiger partial charge in [-0.25, -0.2) is 9.97 Å². The van der Waals surface area contributed by atoms with E-state index in [4.69, 9.17) is 9.97 Å². The van der Waals surface area contributed by atoms with Crippen molar-refractivity contribution in [3.8, 4) is 45.0 Å². The molecule has 12 heteroatoms. The van der Waals surface area contributed by atoms with Gasteiger partial charge in [-0.2, -0.15) is 18.3 Å². The predicted octanol–water partition coefficient (Wildman–Crippen LogP) is -3.43. The number of aryl methyl sites for hydroxylation is 4. The Morgan fingerprint density at radius 1 is 0.350 bits per heavy atom. The Morgan fingerprint density at radius 3 is 0.800 bits per heavy atom. The molecule has 0 fully saturated rings. The highest BCUT2D eigenvalue weighted by molar-refractivity contribution is 5.97. The number of fused-ring (bicyclic) bond motifs is 8. The fraction of sp³-hybridized carbons (Fsp3) is 0.167. The lowest BCUT2D eigenvalue weighted by Gasteiger charge is -2.06. The number of nitrogens with zero attached hydrogens (tertiary/aromatic N) is 6. The highest BCUT2D eigenvalue weighted by Gasteiger charge is 2.26. The van der Waals surface area contributed by atoms with Crippen LogP contribution in [0.4, 0.5) is 0 Å². The van der Waals surface area contributed by atoms with Crippen molar-refractivity contribution in [1.82, 2.24) is 19.9 Å². The van der Waals surface area contributed by atoms with E-state index in [1.54, 1.807) is 0 Å². The molecule has 0 aliphatic carbocycles. The van der Waals surface area contributed by atoms with Crippen LogP contribution >= 0.6 is 0 Å². The van der Waals surface area contributed by atoms with E-state index in [1.165, 1.54) is 0 Å². The maximum Gasteiger partial charge on any atom is 0.216 e. The lowest BCUT2D eigenvalue weighted by atomic mass is 10.1. The molecule has 9 rings (SSSR count). The summed E-state index contributed by atoms with van der Waals surface area (Å²) in [5.74, 6) is 0. The van der Waals surface area contributed by atoms with Crippen molar-refractivity contribution in [2.24, 2.45) is 0 Å². The molecule has 0 unspecified atom stereocenters. The first-order valence-corrected chi connectivity index (χ1v) is 19.7. The largest absolute Gasteiger partial charge is 1.00 e. The molecular formula is C48H46Cl4N8. The molecular weight excluding hydrogens is 830 g/mol. The van der Waals surface area contributed by atoms with Crippen LogP contribution < -0.4 is 67.9 Å². The number of hydrogen-bond acceptors (Lipinski definition) is 2. The molecule has 0 aromatic carbocycles. The predicted molar refractivity (Wildman–Crippen MR) is 224 cm³/mol. The quantitative estimate of drug-likeness (QED) is 0.156. The van der Waals surface area contributed by atoms with Crippen LogP contribution in [0.15, 0.2) is 122 Å². The van der Waals surface area contributed by atoms with E-state index in [1.807, 2.05) is 0 Å². The number of H-pyrrole nitrogens is 2. The van der Waals surface area contributed by atoms with E-state index in [0.717, 1.165) is 116 Å². The van der Waals surface area contributed by atoms with E-state index in [9.17, 15) is 0 Å². The molecule has 0 saturated carbocycles. The zero-order chi connectivity index (χ0) is 38.2. The van der Waals surface area contributed by atoms with Crippen molar-refractivity contribution >= 4 is 46.4 Å². The van der Waals surface area contributed by atoms with Gasteiger partial charge in [0.2, 0.25) is 22.8 Å². The van der Waals surface area contributed by atoms with Gasteiger partial charge in [0.05, 0.1) is 67.1 Å². The highest BCUT2D eigenvalue weighted by atomic mass is 35.5. The summed E-state index contributed by atoms with van der Waals surface area (Å²) in [6.07, 6.45) is 17.3. The van der Waals surface area contributed by atoms with Crippen molar-refractivity contribution in [3.63, 3.8) is 0 Å². The van der Waals surface area contributed by atoms with Gasteiger partial charge in [-0.15, -0.1) is 0 Å². The average Bonchev–Trinajstić information content (AvgIpc) is 4.10. The van der Waals surface area contributed by atoms with Gasteiger partial charge >= 0.3 is 0 Å². The lowest BCUT2D eigenvalue weighted by Crippen LogP contribution is -3.00. The standard InChI is InChI=1S/C48H45N8.4ClH/c1-5-53-29-13-9-17-41(53)45-33-21-23-35(49-33)46(42-18-10-14-30-54(42)6-2)37-25-27-39(51-37)48(44-20-12-16-32-56(44)8-4)40-28-26-38(52-40)47(36-24-22-34(45)50-36)43-19-11-15-31-55(43)7-3;;;;/h9-32H,5-8H2,1-4H3,(H,49,50,51,52);4*1H/q+3;;;;/p-3. The Hall–Kier alpha value is -5.64. The lowest BCUT2D eigenvalue weighted by molar-refractivity contribution is -0.682. The highest BCUT2D eigenvalue weighted by Crippen LogP contribution is 2.36. The normalized spacial score (nSPS) is 11.3. The molecule has 2 aliphatic heterocycles. The van der Waals surface area contributed by atoms with Crippen LogP contribution in [0.25, 0.3) is 91.4 Å². The van der Waals surface area contributed by atoms with Crippen LogP contribution in [0.1, 0.15) is 50.5 Å². The molecule has 0 saturated heterocycles. The molecule has 60 heavy (non-hydrogen) atoms. The van der Waals surface area contributed by atoms with Crippen LogP contribution in [0, 0.1) is 0 Å². The van der Waals surface area contributed by atoms with E-state index < -0.39 is 0 Å². The zero-order valence-corrected chi connectivity index (χ0v) is 36.9. The summed E-state index contributed by atoms with van der Waals surface area (Å²) in [5.41, 5.74) is 16.1. The summed E-state index contributed by atoms with van der Waals surface area (Å²) in [4.78, 5) is 18.9. The SMILES string of the molecule is CC[n+]1ccccc1-c1c2nc(c(-c3cccc[n+]3CC)c3ccc([nH]3)c(-c3cccc[n+]3CC)c3nc(c(-c4cccc[n+]4CC)c4ccc1[nH]4)C=C3)C=C2.[Cl-].[Cl-].[Cl-].[Cl-]. The van der Waals surface area contributed by atoms with Gasteiger partial charge in [0.1, 0.15) is 26.2 Å². The van der Waals surface area contributed by atoms with Crippen molar-refractivity contribution in [2.45, 2.75) is 53.9 Å². The summed E-state index contributed by atoms with van der Waals surface area (Å²) in [7, 11) is 0. The maximum atomic E-state index is 5.52. The van der Waals surface area contributed by atoms with Crippen molar-refractivity contribution in [1.29, 1.82) is 0 Å². The average molecular weight is 877 g/mol. The van der Waals surface area contributed by atoms with Crippen molar-refractivity contribution in [3.05, 3.63) is 145 Å². The number of pyridine rings is 4. The first-order chi connectivity index (χ1) is 27.6. The Bertz CT molecular complexity index is 2510. The van der Waals surface area contributed by atoms with Gasteiger partial charge in [0.15, 0.2) is 24.8 Å². The summed E-state index contributed by atoms with van der Waals surface area (Å²) in [6.45, 7) is 12.0. The summed E-state index contributed by atoms with van der Waals surface area (Å²) in [5, 5.41) is 0. The third kappa shape index (κ3) is 8.13. The summed E-state index contributed by atoms with van der Waals surface area (Å²) < 4.78 is 9.14. The van der Waals surface area contributed by atoms with E-state index in [-0.39, 0.29) is 49.6 Å². The molecule has 2 aliphatic rings. The minimum Gasteiger partial charge on any atom is -1.00 e. The Morgan fingerprint density at radius 2 is 0.583 bits per heavy atom. The number of halogens is 4. The number of aromatic amines is 2. The van der Waals surface area contributed by atoms with Gasteiger partial charge in [-0.1, -0.05) is 0 Å². The summed E-state index contributed by atoms with van der Waals surface area (Å²) >= 11 is 0. The molecule has 0 amide bonds. The minimum absolute atomic E-state index is 0. The molecule has 7 aromatic rings. The minimum atomic E-state index is 0. The van der Waals surface area contributed by atoms with Crippen LogP contribution in [0.3, 0.4) is 0 Å². The molecule has 0 atom stereocenters. The monoisotopic (exact) mass is 874 g/mol. The number of aromatic nitrogens is 8. The first kappa shape index (κ1) is 45.4. The molecule has 2 N–H and O–H groups in total. The van der Waals surface area contributed by atoms with Crippen LogP contribution in [-0.4, -0.2) is 19.9 Å². The van der Waals surface area contributed by atoms with E-state index in [0.29, 0.717) is 0 Å². The number of hydrogen-bond donors (Lipinski definition) is 2. The molecule has 0 spiro atoms. The van der Waals surface area contributed by atoms with Crippen molar-refractivity contribution in [2.75, 3.05) is 0 Å². The number of rotatable bonds is 8. The van der Waals surface area contributed by atoms with Gasteiger partial charge in [-0.3, -0.25) is 0 Å². The summed E-state index contributed by atoms with van der Waals surface area (Å²) in [6, 6.07) is 34.4. The van der Waals surface area contributed by atoms with Gasteiger partial charge in [-0.05, 0) is 101 Å². The van der Waals surface area contributed by atoms with Crippen LogP contribution in [0.5, 0.6) is 0 Å². The van der Waals surface area contributed by atoms with E-state index >= 15 is 0 Å². The fourth-order valence-electron chi connectivity index (χ4n) is 8.20. The second kappa shape index (κ2) is 19.6. The first-order valence-electron chi connectivity index (χ1n) is 19.7. The van der Waals surface area contributed by atoms with Crippen LogP contribution in [-0.2, 0) is 26.2 Å². The second-order valence-electron chi connectivity index (χ2n) is 14.0. The third-order valence-corrected chi connectivity index (χ3v) is 10.9. The maximum absolute atomic E-state index is 5.52. The second-order valence-corrected chi connectivity index (χ2v) is 14.0. The third-order valence-electron chi connectivity index (χ3n) is 10.9. The molecule has 7 aromatic heterocycles. The topological polar surface area (TPSA) is 72.9 Å². The number of nitrogens with one attached hydrogen (secondary N) is 2. The molecule has 8 bridgehead atoms. The zero-order valence-electron chi connectivity index (χ0n) is 33.9. The van der Waals surface area contributed by atoms with Gasteiger partial charge in [0.25, 0.3) is 0 Å². The fourth-order valence-corrected chi connectivity index (χ4v) is 8.20. The smallest absolute Gasteiger partial charge is 0.216 e. The molecule has 0 radical (unpaired) electrons. The molecule has 306 valence electrons. The molecule has 8 nitrogen and oxygen atoms in total. The van der Waals surface area contributed by atoms with Crippen LogP contribution in [0.2, 0.25) is 0 Å². The molecule has 9 heterocycles. The van der Waals surface area contributed by atoms with Gasteiger partial charge < -0.3 is 59.6 Å². The Balaban J connectivity index is 0.00000171. The van der Waals surface area contributed by atoms with E-state index in [2.05, 4.69) is 202 Å². The Kier molecular flexibility index (Phi) is 14.9. The Labute approximate surface area is 375 Å². The van der Waals surface area contributed by atoms with Gasteiger partial charge in [0, 0.05) is 48.5 Å².